The number of aromatic nitrogens is 1. The molecule has 0 aliphatic rings. The minimum absolute atomic E-state index is 0.639. The van der Waals surface area contributed by atoms with Gasteiger partial charge < -0.3 is 14.5 Å². The Morgan fingerprint density at radius 3 is 2.18 bits per heavy atom. The second kappa shape index (κ2) is 4.08. The number of aromatic amines is 1. The second-order valence-electron chi connectivity index (χ2n) is 4.68. The van der Waals surface area contributed by atoms with Crippen LogP contribution in [0.25, 0.3) is 0 Å². The predicted molar refractivity (Wildman–Crippen MR) is 67.2 cm³/mol. The van der Waals surface area contributed by atoms with E-state index >= 15 is 0 Å². The summed E-state index contributed by atoms with van der Waals surface area (Å²) in [5.41, 5.74) is 5.13. The summed E-state index contributed by atoms with van der Waals surface area (Å²) in [7, 11) is 0. The summed E-state index contributed by atoms with van der Waals surface area (Å²) in [6.45, 7) is 9.88. The lowest BCUT2D eigenvalue weighted by molar-refractivity contribution is 0.213. The first-order valence-corrected chi connectivity index (χ1v) is 5.82. The summed E-state index contributed by atoms with van der Waals surface area (Å²) in [5, 5.41) is 10.4. The molecule has 0 fully saturated rings. The first-order chi connectivity index (χ1) is 7.91. The average Bonchev–Trinajstić information content (AvgIpc) is 2.72. The molecule has 0 saturated carbocycles. The fourth-order valence-electron chi connectivity index (χ4n) is 2.22. The summed E-state index contributed by atoms with van der Waals surface area (Å²) >= 11 is 0. The van der Waals surface area contributed by atoms with Gasteiger partial charge in [-0.3, -0.25) is 0 Å². The van der Waals surface area contributed by atoms with Crippen LogP contribution in [0.15, 0.2) is 10.5 Å². The first kappa shape index (κ1) is 12.0. The predicted octanol–water partition coefficient (Wildman–Crippen LogP) is 3.23. The third-order valence-corrected chi connectivity index (χ3v) is 3.50. The Morgan fingerprint density at radius 2 is 1.76 bits per heavy atom. The van der Waals surface area contributed by atoms with E-state index in [4.69, 9.17) is 4.42 Å². The van der Waals surface area contributed by atoms with Gasteiger partial charge in [0, 0.05) is 11.3 Å². The minimum Gasteiger partial charge on any atom is -0.466 e. The zero-order valence-corrected chi connectivity index (χ0v) is 11.0. The van der Waals surface area contributed by atoms with E-state index in [0.717, 1.165) is 34.0 Å². The lowest BCUT2D eigenvalue weighted by Gasteiger charge is -2.09. The van der Waals surface area contributed by atoms with E-state index in [0.29, 0.717) is 0 Å². The van der Waals surface area contributed by atoms with E-state index in [1.54, 1.807) is 0 Å². The number of aliphatic hydroxyl groups is 1. The topological polar surface area (TPSA) is 49.2 Å². The highest BCUT2D eigenvalue weighted by molar-refractivity contribution is 5.40. The molecule has 17 heavy (non-hydrogen) atoms. The molecule has 2 N–H and O–H groups in total. The maximum Gasteiger partial charge on any atom is 0.122 e. The Bertz CT molecular complexity index is 549. The molecule has 0 amide bonds. The van der Waals surface area contributed by atoms with Crippen molar-refractivity contribution in [2.45, 2.75) is 40.7 Å². The highest BCUT2D eigenvalue weighted by Crippen LogP contribution is 2.30. The average molecular weight is 233 g/mol. The van der Waals surface area contributed by atoms with Crippen LogP contribution in [0.3, 0.4) is 0 Å². The molecule has 2 aromatic heterocycles. The van der Waals surface area contributed by atoms with Crippen molar-refractivity contribution in [1.29, 1.82) is 0 Å². The van der Waals surface area contributed by atoms with Crippen molar-refractivity contribution >= 4 is 0 Å². The number of nitrogens with one attached hydrogen (secondary N) is 1. The molecule has 0 aromatic carbocycles. The fourth-order valence-corrected chi connectivity index (χ4v) is 2.22. The molecule has 92 valence electrons. The molecule has 2 heterocycles. The molecule has 2 aromatic rings. The number of aryl methyl sites for hydroxylation is 3. The number of H-pyrrole nitrogens is 1. The number of furan rings is 1. The minimum atomic E-state index is -0.639. The van der Waals surface area contributed by atoms with Gasteiger partial charge in [-0.25, -0.2) is 0 Å². The van der Waals surface area contributed by atoms with E-state index in [2.05, 4.69) is 11.9 Å². The van der Waals surface area contributed by atoms with Gasteiger partial charge in [0.05, 0.1) is 5.69 Å². The molecule has 3 nitrogen and oxygen atoms in total. The van der Waals surface area contributed by atoms with Gasteiger partial charge in [0.2, 0.25) is 0 Å². The number of hydrogen-bond acceptors (Lipinski definition) is 2. The molecule has 0 spiro atoms. The van der Waals surface area contributed by atoms with Gasteiger partial charge in [-0.15, -0.1) is 0 Å². The molecule has 1 unspecified atom stereocenters. The standard InChI is InChI=1S/C14H19NO2/c1-7-6-12(11(5)17-7)14(16)13-9(3)8(2)10(4)15-13/h6,14-16H,1-5H3. The summed E-state index contributed by atoms with van der Waals surface area (Å²) in [4.78, 5) is 3.26. The maximum absolute atomic E-state index is 10.4. The van der Waals surface area contributed by atoms with Crippen LogP contribution in [-0.4, -0.2) is 10.1 Å². The van der Waals surface area contributed by atoms with Gasteiger partial charge in [-0.2, -0.15) is 0 Å². The van der Waals surface area contributed by atoms with E-state index in [1.165, 1.54) is 5.56 Å². The van der Waals surface area contributed by atoms with Crippen molar-refractivity contribution in [2.75, 3.05) is 0 Å². The van der Waals surface area contributed by atoms with Crippen molar-refractivity contribution in [2.24, 2.45) is 0 Å². The van der Waals surface area contributed by atoms with Crippen LogP contribution in [0, 0.1) is 34.6 Å². The Morgan fingerprint density at radius 1 is 1.12 bits per heavy atom. The Balaban J connectivity index is 2.47. The smallest absolute Gasteiger partial charge is 0.122 e. The molecule has 3 heteroatoms. The normalized spacial score (nSPS) is 13.1. The van der Waals surface area contributed by atoms with Crippen molar-refractivity contribution < 1.29 is 9.52 Å². The first-order valence-electron chi connectivity index (χ1n) is 5.82. The molecule has 0 aliphatic carbocycles. The van der Waals surface area contributed by atoms with E-state index in [9.17, 15) is 5.11 Å². The van der Waals surface area contributed by atoms with Crippen LogP contribution >= 0.6 is 0 Å². The van der Waals surface area contributed by atoms with Crippen LogP contribution in [0.1, 0.15) is 45.7 Å². The van der Waals surface area contributed by atoms with Crippen LogP contribution in [0.2, 0.25) is 0 Å². The van der Waals surface area contributed by atoms with Crippen LogP contribution < -0.4 is 0 Å². The lowest BCUT2D eigenvalue weighted by Crippen LogP contribution is -2.02. The summed E-state index contributed by atoms with van der Waals surface area (Å²) in [6.07, 6.45) is -0.639. The molecule has 0 radical (unpaired) electrons. The van der Waals surface area contributed by atoms with Gasteiger partial charge in [0.15, 0.2) is 0 Å². The molecule has 0 bridgehead atoms. The van der Waals surface area contributed by atoms with Crippen molar-refractivity contribution in [1.82, 2.24) is 4.98 Å². The van der Waals surface area contributed by atoms with Crippen molar-refractivity contribution in [3.05, 3.63) is 45.7 Å². The number of aliphatic hydroxyl groups excluding tert-OH is 1. The summed E-state index contributed by atoms with van der Waals surface area (Å²) in [6, 6.07) is 1.89. The molecule has 2 rings (SSSR count). The number of rotatable bonds is 2. The van der Waals surface area contributed by atoms with Gasteiger partial charge >= 0.3 is 0 Å². The fraction of sp³-hybridized carbons (Fsp3) is 0.429. The Hall–Kier alpha value is -1.48. The van der Waals surface area contributed by atoms with Gasteiger partial charge in [0.1, 0.15) is 17.6 Å². The zero-order valence-electron chi connectivity index (χ0n) is 11.0. The van der Waals surface area contributed by atoms with Crippen molar-refractivity contribution in [3.63, 3.8) is 0 Å². The van der Waals surface area contributed by atoms with Gasteiger partial charge in [0.25, 0.3) is 0 Å². The van der Waals surface area contributed by atoms with Crippen LogP contribution in [0.4, 0.5) is 0 Å². The summed E-state index contributed by atoms with van der Waals surface area (Å²) in [5.74, 6) is 1.61. The van der Waals surface area contributed by atoms with Crippen LogP contribution in [-0.2, 0) is 0 Å². The largest absolute Gasteiger partial charge is 0.466 e. The molecule has 0 aliphatic heterocycles. The lowest BCUT2D eigenvalue weighted by atomic mass is 10.0. The zero-order chi connectivity index (χ0) is 12.7. The van der Waals surface area contributed by atoms with Gasteiger partial charge in [-0.05, 0) is 51.8 Å². The second-order valence-corrected chi connectivity index (χ2v) is 4.68. The SMILES string of the molecule is Cc1cc(C(O)c2[nH]c(C)c(C)c2C)c(C)o1. The Kier molecular flexibility index (Phi) is 2.87. The Labute approximate surface area is 101 Å². The van der Waals surface area contributed by atoms with Crippen molar-refractivity contribution in [3.8, 4) is 0 Å². The van der Waals surface area contributed by atoms with Crippen LogP contribution in [0.5, 0.6) is 0 Å². The van der Waals surface area contributed by atoms with E-state index in [-0.39, 0.29) is 0 Å². The maximum atomic E-state index is 10.4. The monoisotopic (exact) mass is 233 g/mol. The molecular formula is C14H19NO2. The van der Waals surface area contributed by atoms with E-state index < -0.39 is 6.10 Å². The summed E-state index contributed by atoms with van der Waals surface area (Å²) < 4.78 is 5.46. The molecule has 1 atom stereocenters. The highest BCUT2D eigenvalue weighted by atomic mass is 16.3. The highest BCUT2D eigenvalue weighted by Gasteiger charge is 2.21. The van der Waals surface area contributed by atoms with Gasteiger partial charge in [-0.1, -0.05) is 0 Å². The molecule has 0 saturated heterocycles. The van der Waals surface area contributed by atoms with E-state index in [1.807, 2.05) is 33.8 Å². The quantitative estimate of drug-likeness (QED) is 0.836. The third-order valence-electron chi connectivity index (χ3n) is 3.50. The molecular weight excluding hydrogens is 214 g/mol. The third kappa shape index (κ3) is 1.91. The number of hydrogen-bond donors (Lipinski definition) is 2.